The maximum Gasteiger partial charge on any atom is 0.338 e. The monoisotopic (exact) mass is 470 g/mol. The highest BCUT2D eigenvalue weighted by Gasteiger charge is 2.35. The number of aromatic hydroxyl groups is 1. The van der Waals surface area contributed by atoms with Gasteiger partial charge in [-0.25, -0.2) is 9.48 Å². The summed E-state index contributed by atoms with van der Waals surface area (Å²) in [7, 11) is 0. The van der Waals surface area contributed by atoms with Crippen molar-refractivity contribution in [2.75, 3.05) is 11.9 Å². The number of hydrogen-bond donors (Lipinski definition) is 2. The summed E-state index contributed by atoms with van der Waals surface area (Å²) >= 11 is 7.73. The van der Waals surface area contributed by atoms with Crippen LogP contribution in [0.3, 0.4) is 0 Å². The van der Waals surface area contributed by atoms with E-state index in [4.69, 9.17) is 16.3 Å². The van der Waals surface area contributed by atoms with Crippen LogP contribution in [0.15, 0.2) is 65.0 Å². The highest BCUT2D eigenvalue weighted by molar-refractivity contribution is 7.98. The zero-order valence-electron chi connectivity index (χ0n) is 17.7. The number of aromatic nitrogens is 3. The summed E-state index contributed by atoms with van der Waals surface area (Å²) in [4.78, 5) is 17.5. The van der Waals surface area contributed by atoms with Gasteiger partial charge in [0.15, 0.2) is 0 Å². The number of esters is 1. The molecule has 9 heteroatoms. The molecule has 32 heavy (non-hydrogen) atoms. The van der Waals surface area contributed by atoms with E-state index in [0.717, 1.165) is 12.0 Å². The normalized spacial score (nSPS) is 15.3. The van der Waals surface area contributed by atoms with Gasteiger partial charge >= 0.3 is 5.97 Å². The highest BCUT2D eigenvalue weighted by atomic mass is 35.5. The lowest BCUT2D eigenvalue weighted by Gasteiger charge is -2.28. The number of carbonyl (C=O) groups is 1. The highest BCUT2D eigenvalue weighted by Crippen LogP contribution is 2.38. The van der Waals surface area contributed by atoms with Crippen molar-refractivity contribution in [2.45, 2.75) is 37.2 Å². The van der Waals surface area contributed by atoms with Crippen LogP contribution in [0.4, 0.5) is 5.95 Å². The first-order valence-electron chi connectivity index (χ1n) is 10.2. The SMILES string of the molecule is CCCOC(=O)C1=C(C)Nc2nc(SCc3ccccc3Cl)nn2C1c1cccc(O)c1. The summed E-state index contributed by atoms with van der Waals surface area (Å²) in [5, 5.41) is 19.1. The molecule has 4 rings (SSSR count). The predicted octanol–water partition coefficient (Wildman–Crippen LogP) is 5.17. The minimum atomic E-state index is -0.579. The van der Waals surface area contributed by atoms with E-state index in [0.29, 0.717) is 45.3 Å². The fourth-order valence-corrected chi connectivity index (χ4v) is 4.61. The van der Waals surface area contributed by atoms with Gasteiger partial charge in [-0.3, -0.25) is 0 Å². The summed E-state index contributed by atoms with van der Waals surface area (Å²) < 4.78 is 7.11. The minimum Gasteiger partial charge on any atom is -0.508 e. The van der Waals surface area contributed by atoms with Crippen LogP contribution in [0.2, 0.25) is 5.02 Å². The summed E-state index contributed by atoms with van der Waals surface area (Å²) in [6, 6.07) is 13.9. The number of fused-ring (bicyclic) bond motifs is 1. The average molecular weight is 471 g/mol. The zero-order chi connectivity index (χ0) is 22.7. The molecule has 1 atom stereocenters. The maximum atomic E-state index is 12.9. The summed E-state index contributed by atoms with van der Waals surface area (Å²) in [6.45, 7) is 4.08. The third-order valence-electron chi connectivity index (χ3n) is 4.99. The summed E-state index contributed by atoms with van der Waals surface area (Å²) in [5.74, 6) is 0.814. The Hall–Kier alpha value is -2.97. The Morgan fingerprint density at radius 1 is 1.28 bits per heavy atom. The molecule has 0 spiro atoms. The van der Waals surface area contributed by atoms with Gasteiger partial charge in [0, 0.05) is 16.5 Å². The molecule has 1 aromatic heterocycles. The van der Waals surface area contributed by atoms with Crippen molar-refractivity contribution in [3.63, 3.8) is 0 Å². The number of nitrogens with zero attached hydrogens (tertiary/aromatic N) is 3. The largest absolute Gasteiger partial charge is 0.508 e. The van der Waals surface area contributed by atoms with Gasteiger partial charge in [0.05, 0.1) is 12.2 Å². The Balaban J connectivity index is 1.69. The van der Waals surface area contributed by atoms with Crippen LogP contribution >= 0.6 is 23.4 Å². The van der Waals surface area contributed by atoms with Gasteiger partial charge in [0.1, 0.15) is 11.8 Å². The molecule has 1 unspecified atom stereocenters. The number of nitrogens with one attached hydrogen (secondary N) is 1. The third-order valence-corrected chi connectivity index (χ3v) is 6.25. The molecule has 0 saturated carbocycles. The van der Waals surface area contributed by atoms with Crippen LogP contribution in [0.25, 0.3) is 0 Å². The predicted molar refractivity (Wildman–Crippen MR) is 125 cm³/mol. The number of carbonyl (C=O) groups excluding carboxylic acids is 1. The number of allylic oxidation sites excluding steroid dienone is 1. The molecular formula is C23H23ClN4O3S. The van der Waals surface area contributed by atoms with Crippen molar-refractivity contribution >= 4 is 35.3 Å². The summed E-state index contributed by atoms with van der Waals surface area (Å²) in [5.41, 5.74) is 2.77. The molecule has 2 heterocycles. The lowest BCUT2D eigenvalue weighted by Crippen LogP contribution is -2.29. The maximum absolute atomic E-state index is 12.9. The van der Waals surface area contributed by atoms with Crippen molar-refractivity contribution in [1.29, 1.82) is 0 Å². The van der Waals surface area contributed by atoms with Crippen molar-refractivity contribution in [2.24, 2.45) is 0 Å². The van der Waals surface area contributed by atoms with E-state index in [9.17, 15) is 9.90 Å². The first kappa shape index (κ1) is 22.2. The van der Waals surface area contributed by atoms with Gasteiger partial charge in [-0.1, -0.05) is 60.6 Å². The molecule has 166 valence electrons. The smallest absolute Gasteiger partial charge is 0.338 e. The second-order valence-electron chi connectivity index (χ2n) is 7.34. The van der Waals surface area contributed by atoms with Crippen LogP contribution < -0.4 is 5.32 Å². The molecule has 3 aromatic rings. The van der Waals surface area contributed by atoms with Crippen LogP contribution in [0, 0.1) is 0 Å². The molecule has 7 nitrogen and oxygen atoms in total. The average Bonchev–Trinajstić information content (AvgIpc) is 3.18. The van der Waals surface area contributed by atoms with E-state index in [-0.39, 0.29) is 5.75 Å². The molecule has 2 aromatic carbocycles. The van der Waals surface area contributed by atoms with Crippen molar-refractivity contribution in [3.8, 4) is 5.75 Å². The Bertz CT molecular complexity index is 1180. The molecule has 2 N–H and O–H groups in total. The van der Waals surface area contributed by atoms with Gasteiger partial charge in [-0.05, 0) is 42.7 Å². The Labute approximate surface area is 195 Å². The molecule has 0 aliphatic carbocycles. The molecule has 1 aliphatic heterocycles. The van der Waals surface area contributed by atoms with Gasteiger partial charge in [0.25, 0.3) is 0 Å². The lowest BCUT2D eigenvalue weighted by molar-refractivity contribution is -0.139. The second-order valence-corrected chi connectivity index (χ2v) is 8.69. The first-order chi connectivity index (χ1) is 15.5. The number of rotatable bonds is 7. The van der Waals surface area contributed by atoms with E-state index < -0.39 is 12.0 Å². The van der Waals surface area contributed by atoms with Crippen molar-refractivity contribution < 1.29 is 14.6 Å². The number of hydrogen-bond acceptors (Lipinski definition) is 7. The number of benzene rings is 2. The number of anilines is 1. The zero-order valence-corrected chi connectivity index (χ0v) is 19.3. The van der Waals surface area contributed by atoms with Crippen LogP contribution in [0.5, 0.6) is 5.75 Å². The van der Waals surface area contributed by atoms with E-state index >= 15 is 0 Å². The van der Waals surface area contributed by atoms with E-state index in [1.54, 1.807) is 22.9 Å². The number of phenols is 1. The van der Waals surface area contributed by atoms with E-state index in [2.05, 4.69) is 15.4 Å². The topological polar surface area (TPSA) is 89.3 Å². The van der Waals surface area contributed by atoms with Gasteiger partial charge in [-0.15, -0.1) is 5.10 Å². The van der Waals surface area contributed by atoms with Gasteiger partial charge < -0.3 is 15.2 Å². The van der Waals surface area contributed by atoms with Crippen LogP contribution in [-0.4, -0.2) is 32.4 Å². The van der Waals surface area contributed by atoms with Crippen LogP contribution in [-0.2, 0) is 15.3 Å². The van der Waals surface area contributed by atoms with Crippen molar-refractivity contribution in [3.05, 3.63) is 76.0 Å². The molecular weight excluding hydrogens is 448 g/mol. The number of thioether (sulfide) groups is 1. The number of halogens is 1. The Kier molecular flexibility index (Phi) is 6.72. The van der Waals surface area contributed by atoms with Crippen LogP contribution in [0.1, 0.15) is 37.4 Å². The second kappa shape index (κ2) is 9.67. The van der Waals surface area contributed by atoms with Crippen molar-refractivity contribution in [1.82, 2.24) is 14.8 Å². The molecule has 0 radical (unpaired) electrons. The van der Waals surface area contributed by atoms with E-state index in [1.165, 1.54) is 11.8 Å². The fourth-order valence-electron chi connectivity index (χ4n) is 3.49. The molecule has 0 saturated heterocycles. The first-order valence-corrected chi connectivity index (χ1v) is 11.6. The fraction of sp³-hybridized carbons (Fsp3) is 0.261. The standard InChI is InChI=1S/C23H23ClN4O3S/c1-3-11-31-21(30)19-14(2)25-22-26-23(32-13-16-7-4-5-10-18(16)24)27-28(22)20(19)15-8-6-9-17(29)12-15/h4-10,12,20,29H,3,11,13H2,1-2H3,(H,25,26,27). The Morgan fingerprint density at radius 3 is 2.84 bits per heavy atom. The molecule has 1 aliphatic rings. The number of ether oxygens (including phenoxy) is 1. The minimum absolute atomic E-state index is 0.106. The quantitative estimate of drug-likeness (QED) is 0.363. The molecule has 0 amide bonds. The third kappa shape index (κ3) is 4.61. The number of phenolic OH excluding ortho intramolecular Hbond substituents is 1. The molecule has 0 bridgehead atoms. The van der Waals surface area contributed by atoms with E-state index in [1.807, 2.05) is 44.2 Å². The Morgan fingerprint density at radius 2 is 2.09 bits per heavy atom. The summed E-state index contributed by atoms with van der Waals surface area (Å²) in [6.07, 6.45) is 0.722. The van der Waals surface area contributed by atoms with Gasteiger partial charge in [0.2, 0.25) is 11.1 Å². The molecule has 0 fully saturated rings. The lowest BCUT2D eigenvalue weighted by atomic mass is 9.95. The van der Waals surface area contributed by atoms with Gasteiger partial charge in [-0.2, -0.15) is 4.98 Å².